The molecule has 0 radical (unpaired) electrons. The summed E-state index contributed by atoms with van der Waals surface area (Å²) in [5.41, 5.74) is 0.797. The van der Waals surface area contributed by atoms with E-state index in [2.05, 4.69) is 5.32 Å². The fraction of sp³-hybridized carbons (Fsp3) is 0.429. The minimum absolute atomic E-state index is 0.0879. The van der Waals surface area contributed by atoms with E-state index < -0.39 is 17.5 Å². The number of carbonyl (C=O) groups is 2. The van der Waals surface area contributed by atoms with Gasteiger partial charge in [-0.2, -0.15) is 0 Å². The maximum atomic E-state index is 14.0. The molecule has 1 amide bonds. The van der Waals surface area contributed by atoms with Gasteiger partial charge in [-0.15, -0.1) is 0 Å². The van der Waals surface area contributed by atoms with Crippen LogP contribution < -0.4 is 10.2 Å². The summed E-state index contributed by atoms with van der Waals surface area (Å²) in [6.07, 6.45) is 2.42. The molecule has 0 aromatic heterocycles. The number of ketones is 1. The van der Waals surface area contributed by atoms with Gasteiger partial charge in [0.25, 0.3) is 11.7 Å². The fourth-order valence-corrected chi connectivity index (χ4v) is 2.21. The lowest BCUT2D eigenvalue weighted by Gasteiger charge is -2.20. The van der Waals surface area contributed by atoms with Crippen LogP contribution in [-0.2, 0) is 4.79 Å². The number of nitrogens with one attached hydrogen (secondary N) is 1. The zero-order chi connectivity index (χ0) is 14.7. The van der Waals surface area contributed by atoms with E-state index in [-0.39, 0.29) is 12.2 Å². The van der Waals surface area contributed by atoms with Crippen molar-refractivity contribution in [2.45, 2.75) is 19.3 Å². The number of hydrogen-bond acceptors (Lipinski definition) is 4. The standard InChI is InChI=1S/C14H17FN2O3/c1-17(5-3-2-4-6-18)12-8-11-9(7-10(12)15)13(19)14(20)16-11/h7-8,18H,2-6H2,1H3,(H,16,19,20). The molecule has 1 aromatic rings. The summed E-state index contributed by atoms with van der Waals surface area (Å²) >= 11 is 0. The van der Waals surface area contributed by atoms with Crippen molar-refractivity contribution in [1.29, 1.82) is 0 Å². The number of nitrogens with zero attached hydrogens (tertiary/aromatic N) is 1. The van der Waals surface area contributed by atoms with Crippen LogP contribution in [0.25, 0.3) is 0 Å². The number of carbonyl (C=O) groups excluding carboxylic acids is 2. The molecule has 20 heavy (non-hydrogen) atoms. The van der Waals surface area contributed by atoms with E-state index in [1.807, 2.05) is 0 Å². The monoisotopic (exact) mass is 280 g/mol. The van der Waals surface area contributed by atoms with Crippen LogP contribution in [0.4, 0.5) is 15.8 Å². The van der Waals surface area contributed by atoms with Gasteiger partial charge >= 0.3 is 0 Å². The first-order valence-corrected chi connectivity index (χ1v) is 6.56. The molecule has 1 aliphatic heterocycles. The highest BCUT2D eigenvalue weighted by molar-refractivity contribution is 6.51. The van der Waals surface area contributed by atoms with Gasteiger partial charge in [-0.1, -0.05) is 0 Å². The van der Waals surface area contributed by atoms with Crippen LogP contribution in [0.3, 0.4) is 0 Å². The number of benzene rings is 1. The second-order valence-corrected chi connectivity index (χ2v) is 4.84. The molecular formula is C14H17FN2O3. The number of Topliss-reactive ketones (excluding diaryl/α,β-unsaturated/α-hetero) is 1. The summed E-state index contributed by atoms with van der Waals surface area (Å²) in [4.78, 5) is 24.4. The van der Waals surface area contributed by atoms with Crippen LogP contribution in [0.2, 0.25) is 0 Å². The van der Waals surface area contributed by atoms with E-state index in [1.54, 1.807) is 11.9 Å². The molecule has 0 unspecified atom stereocenters. The minimum atomic E-state index is -0.720. The minimum Gasteiger partial charge on any atom is -0.396 e. The second-order valence-electron chi connectivity index (χ2n) is 4.84. The van der Waals surface area contributed by atoms with Gasteiger partial charge in [0.1, 0.15) is 5.82 Å². The number of anilines is 2. The quantitative estimate of drug-likeness (QED) is 0.613. The third-order valence-corrected chi connectivity index (χ3v) is 3.35. The Bertz CT molecular complexity index is 545. The Morgan fingerprint density at radius 1 is 1.25 bits per heavy atom. The van der Waals surface area contributed by atoms with E-state index in [0.717, 1.165) is 25.3 Å². The largest absolute Gasteiger partial charge is 0.396 e. The van der Waals surface area contributed by atoms with Crippen molar-refractivity contribution in [2.75, 3.05) is 30.4 Å². The number of fused-ring (bicyclic) bond motifs is 1. The molecule has 1 aromatic carbocycles. The van der Waals surface area contributed by atoms with Crippen molar-refractivity contribution < 1.29 is 19.1 Å². The third-order valence-electron chi connectivity index (χ3n) is 3.35. The summed E-state index contributed by atoms with van der Waals surface area (Å²) < 4.78 is 14.0. The molecule has 0 saturated heterocycles. The Balaban J connectivity index is 2.11. The molecule has 0 aliphatic carbocycles. The third kappa shape index (κ3) is 2.80. The van der Waals surface area contributed by atoms with Crippen LogP contribution in [0, 0.1) is 5.82 Å². The molecule has 0 spiro atoms. The lowest BCUT2D eigenvalue weighted by Crippen LogP contribution is -2.20. The Kier molecular flexibility index (Phi) is 4.34. The molecular weight excluding hydrogens is 263 g/mol. The highest BCUT2D eigenvalue weighted by Crippen LogP contribution is 2.30. The van der Waals surface area contributed by atoms with Gasteiger partial charge in [-0.05, 0) is 31.4 Å². The Morgan fingerprint density at radius 3 is 2.70 bits per heavy atom. The van der Waals surface area contributed by atoms with Crippen molar-refractivity contribution in [3.8, 4) is 0 Å². The van der Waals surface area contributed by atoms with Crippen molar-refractivity contribution in [1.82, 2.24) is 0 Å². The van der Waals surface area contributed by atoms with E-state index in [4.69, 9.17) is 5.11 Å². The summed E-state index contributed by atoms with van der Waals surface area (Å²) in [5.74, 6) is -1.93. The van der Waals surface area contributed by atoms with Gasteiger partial charge in [0.2, 0.25) is 0 Å². The number of hydrogen-bond donors (Lipinski definition) is 2. The first-order chi connectivity index (χ1) is 9.54. The van der Waals surface area contributed by atoms with E-state index >= 15 is 0 Å². The van der Waals surface area contributed by atoms with E-state index in [0.29, 0.717) is 17.9 Å². The predicted octanol–water partition coefficient (Wildman–Crippen LogP) is 1.56. The van der Waals surface area contributed by atoms with E-state index in [9.17, 15) is 14.0 Å². The zero-order valence-electron chi connectivity index (χ0n) is 11.3. The first-order valence-electron chi connectivity index (χ1n) is 6.56. The summed E-state index contributed by atoms with van der Waals surface area (Å²) in [6.45, 7) is 0.794. The van der Waals surface area contributed by atoms with Gasteiger partial charge in [0.05, 0.1) is 16.9 Å². The molecule has 0 fully saturated rings. The Hall–Kier alpha value is -1.95. The maximum absolute atomic E-state index is 14.0. The number of unbranched alkanes of at least 4 members (excludes halogenated alkanes) is 2. The molecule has 1 heterocycles. The molecule has 2 rings (SSSR count). The molecule has 1 aliphatic rings. The molecule has 6 heteroatoms. The second kappa shape index (κ2) is 6.00. The van der Waals surface area contributed by atoms with Gasteiger partial charge in [0, 0.05) is 20.2 Å². The SMILES string of the molecule is CN(CCCCCO)c1cc2c(cc1F)C(=O)C(=O)N2. The normalized spacial score (nSPS) is 13.3. The molecule has 0 bridgehead atoms. The van der Waals surface area contributed by atoms with Crippen molar-refractivity contribution in [2.24, 2.45) is 0 Å². The maximum Gasteiger partial charge on any atom is 0.296 e. The molecule has 108 valence electrons. The number of amides is 1. The average molecular weight is 280 g/mol. The number of rotatable bonds is 6. The topological polar surface area (TPSA) is 69.6 Å². The first kappa shape index (κ1) is 14.5. The Labute approximate surface area is 116 Å². The average Bonchev–Trinajstić information content (AvgIpc) is 2.69. The van der Waals surface area contributed by atoms with Crippen molar-refractivity contribution in [3.63, 3.8) is 0 Å². The van der Waals surface area contributed by atoms with Crippen molar-refractivity contribution >= 4 is 23.1 Å². The molecule has 2 N–H and O–H groups in total. The lowest BCUT2D eigenvalue weighted by molar-refractivity contribution is -0.112. The summed E-state index contributed by atoms with van der Waals surface area (Å²) in [5, 5.41) is 11.1. The van der Waals surface area contributed by atoms with Gasteiger partial charge in [-0.25, -0.2) is 4.39 Å². The fourth-order valence-electron chi connectivity index (χ4n) is 2.21. The number of aliphatic hydroxyl groups excluding tert-OH is 1. The van der Waals surface area contributed by atoms with Crippen LogP contribution in [0.5, 0.6) is 0 Å². The van der Waals surface area contributed by atoms with Crippen LogP contribution in [0.1, 0.15) is 29.6 Å². The van der Waals surface area contributed by atoms with Gasteiger partial charge in [0.15, 0.2) is 0 Å². The Morgan fingerprint density at radius 2 is 2.00 bits per heavy atom. The number of aliphatic hydroxyl groups is 1. The highest BCUT2D eigenvalue weighted by atomic mass is 19.1. The van der Waals surface area contributed by atoms with Gasteiger partial charge < -0.3 is 15.3 Å². The lowest BCUT2D eigenvalue weighted by atomic mass is 10.1. The molecule has 5 nitrogen and oxygen atoms in total. The highest BCUT2D eigenvalue weighted by Gasteiger charge is 2.29. The van der Waals surface area contributed by atoms with Crippen molar-refractivity contribution in [3.05, 3.63) is 23.5 Å². The van der Waals surface area contributed by atoms with E-state index in [1.165, 1.54) is 6.07 Å². The van der Waals surface area contributed by atoms with Crippen LogP contribution in [-0.4, -0.2) is 37.0 Å². The predicted molar refractivity (Wildman–Crippen MR) is 73.6 cm³/mol. The van der Waals surface area contributed by atoms with Gasteiger partial charge in [-0.3, -0.25) is 9.59 Å². The van der Waals surface area contributed by atoms with Crippen LogP contribution >= 0.6 is 0 Å². The summed E-state index contributed by atoms with van der Waals surface area (Å²) in [7, 11) is 1.75. The zero-order valence-corrected chi connectivity index (χ0v) is 11.3. The van der Waals surface area contributed by atoms with Crippen LogP contribution in [0.15, 0.2) is 12.1 Å². The number of halogens is 1. The molecule has 0 saturated carbocycles. The smallest absolute Gasteiger partial charge is 0.296 e. The molecule has 0 atom stereocenters. The summed E-state index contributed by atoms with van der Waals surface area (Å²) in [6, 6.07) is 2.59.